The third kappa shape index (κ3) is 20.8. The molecular weight excluding hydrogens is 436 g/mol. The minimum absolute atomic E-state index is 0.394. The van der Waals surface area contributed by atoms with Gasteiger partial charge in [0.1, 0.15) is 0 Å². The Morgan fingerprint density at radius 3 is 0.914 bits per heavy atom. The molecule has 0 heterocycles. The Kier molecular flexibility index (Phi) is 23.9. The molecule has 0 radical (unpaired) electrons. The van der Waals surface area contributed by atoms with Crippen molar-refractivity contribution >= 4 is 11.9 Å². The minimum Gasteiger partial charge on any atom is -0.465 e. The number of rotatable bonds is 26. The molecule has 0 saturated heterocycles. The van der Waals surface area contributed by atoms with Crippen LogP contribution in [0, 0.1) is 5.41 Å². The molecule has 0 unspecified atom stereocenters. The van der Waals surface area contributed by atoms with Gasteiger partial charge in [0.15, 0.2) is 5.41 Å². The summed E-state index contributed by atoms with van der Waals surface area (Å²) in [5.41, 5.74) is -1.23. The highest BCUT2D eigenvalue weighted by Gasteiger charge is 2.39. The van der Waals surface area contributed by atoms with Crippen LogP contribution in [0.25, 0.3) is 0 Å². The fourth-order valence-electron chi connectivity index (χ4n) is 4.31. The third-order valence-corrected chi connectivity index (χ3v) is 6.98. The standard InChI is InChI=1S/C31H60O4/c1-5-7-9-11-13-15-17-18-20-22-24-26-28-35-30(33)31(3,4)29(32)34-27-25-23-21-19-16-14-12-10-8-6-2/h5-28H2,1-4H3. The van der Waals surface area contributed by atoms with Crippen molar-refractivity contribution in [2.75, 3.05) is 13.2 Å². The first-order chi connectivity index (χ1) is 17.0. The fraction of sp³-hybridized carbons (Fsp3) is 0.935. The lowest BCUT2D eigenvalue weighted by atomic mass is 9.94. The Hall–Kier alpha value is -1.06. The van der Waals surface area contributed by atoms with Crippen LogP contribution in [-0.4, -0.2) is 25.2 Å². The molecule has 0 aromatic rings. The van der Waals surface area contributed by atoms with E-state index in [1.54, 1.807) is 13.8 Å². The number of hydrogen-bond donors (Lipinski definition) is 0. The minimum atomic E-state index is -1.23. The van der Waals surface area contributed by atoms with E-state index in [0.717, 1.165) is 25.7 Å². The molecule has 4 nitrogen and oxygen atoms in total. The van der Waals surface area contributed by atoms with E-state index in [0.29, 0.717) is 13.2 Å². The van der Waals surface area contributed by atoms with E-state index >= 15 is 0 Å². The maximum Gasteiger partial charge on any atom is 0.322 e. The largest absolute Gasteiger partial charge is 0.465 e. The van der Waals surface area contributed by atoms with Crippen molar-refractivity contribution in [3.8, 4) is 0 Å². The summed E-state index contributed by atoms with van der Waals surface area (Å²) in [4.78, 5) is 24.8. The normalized spacial score (nSPS) is 11.5. The Labute approximate surface area is 218 Å². The first kappa shape index (κ1) is 33.9. The Morgan fingerprint density at radius 2 is 0.657 bits per heavy atom. The summed E-state index contributed by atoms with van der Waals surface area (Å²) in [7, 11) is 0. The number of ether oxygens (including phenoxy) is 2. The van der Waals surface area contributed by atoms with Gasteiger partial charge in [-0.15, -0.1) is 0 Å². The van der Waals surface area contributed by atoms with Crippen molar-refractivity contribution < 1.29 is 19.1 Å². The second kappa shape index (κ2) is 24.6. The summed E-state index contributed by atoms with van der Waals surface area (Å²) in [6.07, 6.45) is 27.7. The second-order valence-corrected chi connectivity index (χ2v) is 11.0. The summed E-state index contributed by atoms with van der Waals surface area (Å²) in [6.45, 7) is 8.51. The van der Waals surface area contributed by atoms with E-state index in [1.807, 2.05) is 0 Å². The molecule has 0 saturated carbocycles. The van der Waals surface area contributed by atoms with Gasteiger partial charge in [0.25, 0.3) is 0 Å². The van der Waals surface area contributed by atoms with Crippen LogP contribution in [0.3, 0.4) is 0 Å². The van der Waals surface area contributed by atoms with Crippen LogP contribution < -0.4 is 0 Å². The van der Waals surface area contributed by atoms with Crippen molar-refractivity contribution in [1.82, 2.24) is 0 Å². The van der Waals surface area contributed by atoms with E-state index in [4.69, 9.17) is 9.47 Å². The number of carbonyl (C=O) groups is 2. The Balaban J connectivity index is 3.62. The maximum atomic E-state index is 12.4. The molecule has 0 aliphatic rings. The smallest absolute Gasteiger partial charge is 0.322 e. The molecule has 0 aliphatic carbocycles. The lowest BCUT2D eigenvalue weighted by Gasteiger charge is -2.20. The van der Waals surface area contributed by atoms with Crippen molar-refractivity contribution in [1.29, 1.82) is 0 Å². The van der Waals surface area contributed by atoms with Crippen LogP contribution in [0.1, 0.15) is 169 Å². The molecule has 0 N–H and O–H groups in total. The van der Waals surface area contributed by atoms with Gasteiger partial charge in [0.2, 0.25) is 0 Å². The topological polar surface area (TPSA) is 52.6 Å². The summed E-state index contributed by atoms with van der Waals surface area (Å²) in [6, 6.07) is 0. The number of hydrogen-bond acceptors (Lipinski definition) is 4. The molecule has 0 spiro atoms. The van der Waals surface area contributed by atoms with Gasteiger partial charge in [-0.25, -0.2) is 0 Å². The molecule has 0 amide bonds. The van der Waals surface area contributed by atoms with E-state index in [1.165, 1.54) is 116 Å². The molecule has 0 aliphatic heterocycles. The lowest BCUT2D eigenvalue weighted by molar-refractivity contribution is -0.170. The van der Waals surface area contributed by atoms with Gasteiger partial charge in [-0.1, -0.05) is 142 Å². The first-order valence-corrected chi connectivity index (χ1v) is 15.3. The lowest BCUT2D eigenvalue weighted by Crippen LogP contribution is -2.37. The molecular formula is C31H60O4. The van der Waals surface area contributed by atoms with Gasteiger partial charge in [-0.3, -0.25) is 9.59 Å². The van der Waals surface area contributed by atoms with Crippen LogP contribution in [0.15, 0.2) is 0 Å². The number of esters is 2. The maximum absolute atomic E-state index is 12.4. The quantitative estimate of drug-likeness (QED) is 0.0679. The van der Waals surface area contributed by atoms with Gasteiger partial charge >= 0.3 is 11.9 Å². The molecule has 0 atom stereocenters. The Morgan fingerprint density at radius 1 is 0.429 bits per heavy atom. The number of unbranched alkanes of at least 4 members (excludes halogenated alkanes) is 20. The summed E-state index contributed by atoms with van der Waals surface area (Å²) in [5, 5.41) is 0. The zero-order chi connectivity index (χ0) is 26.0. The molecule has 208 valence electrons. The van der Waals surface area contributed by atoms with E-state index in [-0.39, 0.29) is 0 Å². The molecule has 0 aromatic carbocycles. The van der Waals surface area contributed by atoms with E-state index in [9.17, 15) is 9.59 Å². The second-order valence-electron chi connectivity index (χ2n) is 11.0. The predicted molar refractivity (Wildman–Crippen MR) is 149 cm³/mol. The zero-order valence-corrected chi connectivity index (χ0v) is 24.1. The summed E-state index contributed by atoms with van der Waals surface area (Å²) < 4.78 is 10.8. The highest BCUT2D eigenvalue weighted by molar-refractivity contribution is 5.99. The fourth-order valence-corrected chi connectivity index (χ4v) is 4.31. The van der Waals surface area contributed by atoms with Crippen LogP contribution in [-0.2, 0) is 19.1 Å². The molecule has 35 heavy (non-hydrogen) atoms. The predicted octanol–water partition coefficient (Wildman–Crippen LogP) is 9.72. The number of carbonyl (C=O) groups excluding carboxylic acids is 2. The van der Waals surface area contributed by atoms with Gasteiger partial charge in [0.05, 0.1) is 13.2 Å². The van der Waals surface area contributed by atoms with Gasteiger partial charge in [-0.05, 0) is 26.7 Å². The van der Waals surface area contributed by atoms with Crippen LogP contribution in [0.5, 0.6) is 0 Å². The average molecular weight is 497 g/mol. The SMILES string of the molecule is CCCCCCCCCCCCCCOC(=O)C(C)(C)C(=O)OCCCCCCCCCCCC. The average Bonchev–Trinajstić information content (AvgIpc) is 2.85. The van der Waals surface area contributed by atoms with Gasteiger partial charge < -0.3 is 9.47 Å². The van der Waals surface area contributed by atoms with Crippen molar-refractivity contribution in [2.24, 2.45) is 5.41 Å². The summed E-state index contributed by atoms with van der Waals surface area (Å²) >= 11 is 0. The first-order valence-electron chi connectivity index (χ1n) is 15.3. The van der Waals surface area contributed by atoms with Crippen molar-refractivity contribution in [3.63, 3.8) is 0 Å². The molecule has 0 rings (SSSR count). The van der Waals surface area contributed by atoms with Crippen molar-refractivity contribution in [3.05, 3.63) is 0 Å². The van der Waals surface area contributed by atoms with Gasteiger partial charge in [-0.2, -0.15) is 0 Å². The molecule has 0 aromatic heterocycles. The molecule has 0 fully saturated rings. The van der Waals surface area contributed by atoms with Crippen LogP contribution in [0.2, 0.25) is 0 Å². The van der Waals surface area contributed by atoms with Crippen LogP contribution in [0.4, 0.5) is 0 Å². The monoisotopic (exact) mass is 496 g/mol. The van der Waals surface area contributed by atoms with Crippen LogP contribution >= 0.6 is 0 Å². The van der Waals surface area contributed by atoms with Crippen molar-refractivity contribution in [2.45, 2.75) is 169 Å². The molecule has 0 bridgehead atoms. The highest BCUT2D eigenvalue weighted by Crippen LogP contribution is 2.21. The third-order valence-electron chi connectivity index (χ3n) is 6.98. The summed E-state index contributed by atoms with van der Waals surface area (Å²) in [5.74, 6) is -0.929. The Bertz CT molecular complexity index is 486. The van der Waals surface area contributed by atoms with Gasteiger partial charge in [0, 0.05) is 0 Å². The highest BCUT2D eigenvalue weighted by atomic mass is 16.6. The van der Waals surface area contributed by atoms with E-state index < -0.39 is 17.4 Å². The zero-order valence-electron chi connectivity index (χ0n) is 24.1. The van der Waals surface area contributed by atoms with E-state index in [2.05, 4.69) is 13.8 Å². The molecule has 4 heteroatoms.